The van der Waals surface area contributed by atoms with Gasteiger partial charge in [-0.15, -0.1) is 0 Å². The molecule has 40 heavy (non-hydrogen) atoms. The molecule has 1 amide bonds. The van der Waals surface area contributed by atoms with Crippen LogP contribution in [0, 0.1) is 6.92 Å². The zero-order valence-corrected chi connectivity index (χ0v) is 22.3. The number of quaternary nitrogens is 1. The summed E-state index contributed by atoms with van der Waals surface area (Å²) < 4.78 is 41.6. The van der Waals surface area contributed by atoms with Crippen LogP contribution in [0.25, 0.3) is 16.7 Å². The number of anilines is 3. The van der Waals surface area contributed by atoms with Gasteiger partial charge in [-0.25, -0.2) is 14.6 Å². The topological polar surface area (TPSA) is 84.7 Å². The Morgan fingerprint density at radius 3 is 2.40 bits per heavy atom. The van der Waals surface area contributed by atoms with Crippen LogP contribution in [0.5, 0.6) is 0 Å². The van der Waals surface area contributed by atoms with Crippen molar-refractivity contribution >= 4 is 39.8 Å². The maximum Gasteiger partial charge on any atom is 0.416 e. The summed E-state index contributed by atoms with van der Waals surface area (Å²) >= 11 is 0. The molecule has 2 N–H and O–H groups in total. The molecule has 0 aliphatic heterocycles. The van der Waals surface area contributed by atoms with Crippen LogP contribution in [0.4, 0.5) is 36.1 Å². The lowest BCUT2D eigenvalue weighted by atomic mass is 10.1. The van der Waals surface area contributed by atoms with Gasteiger partial charge in [-0.3, -0.25) is 9.28 Å². The van der Waals surface area contributed by atoms with Crippen molar-refractivity contribution in [3.8, 4) is 5.69 Å². The summed E-state index contributed by atoms with van der Waals surface area (Å²) in [4.78, 5) is 21.5. The highest BCUT2D eigenvalue weighted by molar-refractivity contribution is 6.04. The average molecular weight is 547 g/mol. The van der Waals surface area contributed by atoms with E-state index in [1.807, 2.05) is 31.2 Å². The number of fused-ring (bicyclic) bond motifs is 1. The normalized spacial score (nSPS) is 12.0. The molecule has 0 bridgehead atoms. The van der Waals surface area contributed by atoms with E-state index in [4.69, 9.17) is 0 Å². The molecule has 8 nitrogen and oxygen atoms in total. The lowest BCUT2D eigenvalue weighted by Gasteiger charge is -2.23. The first kappa shape index (κ1) is 26.8. The monoisotopic (exact) mass is 546 g/mol. The quantitative estimate of drug-likeness (QED) is 0.243. The number of amides is 1. The van der Waals surface area contributed by atoms with Crippen LogP contribution >= 0.6 is 0 Å². The molecular formula is C29H27F3N7O+. The predicted octanol–water partition coefficient (Wildman–Crippen LogP) is 6.34. The SMILES string of the molecule is Cc1ccc(NC(=O)c2cccc(C(F)(F)F)c2)cc1Nc1ncnc2c1cnn2-c1ccc([N+](C)(C)C)cc1. The van der Waals surface area contributed by atoms with Crippen LogP contribution < -0.4 is 15.1 Å². The molecule has 0 atom stereocenters. The molecule has 0 spiro atoms. The summed E-state index contributed by atoms with van der Waals surface area (Å²) in [6.45, 7) is 1.89. The number of halogens is 3. The summed E-state index contributed by atoms with van der Waals surface area (Å²) in [7, 11) is 6.28. The number of benzene rings is 3. The van der Waals surface area contributed by atoms with Crippen molar-refractivity contribution < 1.29 is 18.0 Å². The number of nitrogens with zero attached hydrogens (tertiary/aromatic N) is 5. The summed E-state index contributed by atoms with van der Waals surface area (Å²) in [6, 6.07) is 17.5. The van der Waals surface area contributed by atoms with E-state index in [-0.39, 0.29) is 5.56 Å². The van der Waals surface area contributed by atoms with E-state index in [2.05, 4.69) is 46.8 Å². The second-order valence-corrected chi connectivity index (χ2v) is 10.2. The van der Waals surface area contributed by atoms with Gasteiger partial charge in [0.15, 0.2) is 5.65 Å². The highest BCUT2D eigenvalue weighted by Crippen LogP contribution is 2.31. The van der Waals surface area contributed by atoms with Gasteiger partial charge in [0, 0.05) is 29.1 Å². The number of carbonyl (C=O) groups excluding carboxylic acids is 1. The Bertz CT molecular complexity index is 1700. The number of nitrogens with one attached hydrogen (secondary N) is 2. The number of aromatic nitrogens is 4. The fourth-order valence-corrected chi connectivity index (χ4v) is 4.18. The molecule has 5 aromatic rings. The molecule has 5 rings (SSSR count). The van der Waals surface area contributed by atoms with Crippen molar-refractivity contribution in [2.75, 3.05) is 31.8 Å². The summed E-state index contributed by atoms with van der Waals surface area (Å²) in [5, 5.41) is 11.2. The predicted molar refractivity (Wildman–Crippen MR) is 150 cm³/mol. The lowest BCUT2D eigenvalue weighted by molar-refractivity contribution is -0.137. The summed E-state index contributed by atoms with van der Waals surface area (Å²) in [6.07, 6.45) is -1.42. The van der Waals surface area contributed by atoms with E-state index < -0.39 is 17.6 Å². The fourth-order valence-electron chi connectivity index (χ4n) is 4.18. The Kier molecular flexibility index (Phi) is 6.76. The van der Waals surface area contributed by atoms with Gasteiger partial charge in [0.05, 0.1) is 44.0 Å². The molecule has 0 aliphatic carbocycles. The average Bonchev–Trinajstić information content (AvgIpc) is 3.35. The summed E-state index contributed by atoms with van der Waals surface area (Å²) in [5.74, 6) is -0.133. The number of alkyl halides is 3. The largest absolute Gasteiger partial charge is 0.416 e. The Morgan fingerprint density at radius 2 is 1.70 bits per heavy atom. The maximum absolute atomic E-state index is 13.1. The minimum absolute atomic E-state index is 0.0932. The smallest absolute Gasteiger partial charge is 0.339 e. The van der Waals surface area contributed by atoms with Crippen molar-refractivity contribution in [2.24, 2.45) is 0 Å². The van der Waals surface area contributed by atoms with E-state index >= 15 is 0 Å². The molecule has 0 aliphatic rings. The van der Waals surface area contributed by atoms with Gasteiger partial charge in [-0.2, -0.15) is 18.3 Å². The van der Waals surface area contributed by atoms with E-state index in [0.29, 0.717) is 32.7 Å². The molecule has 11 heteroatoms. The second-order valence-electron chi connectivity index (χ2n) is 10.2. The Labute approximate surface area is 228 Å². The molecule has 2 aromatic heterocycles. The zero-order valence-electron chi connectivity index (χ0n) is 22.3. The van der Waals surface area contributed by atoms with E-state index in [9.17, 15) is 18.0 Å². The first-order valence-corrected chi connectivity index (χ1v) is 12.4. The van der Waals surface area contributed by atoms with Crippen LogP contribution in [-0.2, 0) is 6.18 Å². The van der Waals surface area contributed by atoms with Gasteiger partial charge in [-0.1, -0.05) is 12.1 Å². The Morgan fingerprint density at radius 1 is 0.950 bits per heavy atom. The van der Waals surface area contributed by atoms with Crippen molar-refractivity contribution in [3.05, 3.63) is 95.9 Å². The standard InChI is InChI=1S/C29H26F3N7O/c1-18-8-9-21(36-28(40)19-6-5-7-20(14-19)29(30,31)32)15-25(18)37-26-24-16-35-38(27(24)34-17-33-26)22-10-12-23(13-11-22)39(2,3)4/h5-17H,1-4H3,(H-,33,34,35,36,37,40)/p+1. The van der Waals surface area contributed by atoms with E-state index in [0.717, 1.165) is 29.1 Å². The zero-order chi connectivity index (χ0) is 28.7. The number of hydrogen-bond acceptors (Lipinski definition) is 5. The van der Waals surface area contributed by atoms with Gasteiger partial charge in [0.25, 0.3) is 5.91 Å². The van der Waals surface area contributed by atoms with Crippen LogP contribution in [-0.4, -0.2) is 46.8 Å². The highest BCUT2D eigenvalue weighted by atomic mass is 19.4. The highest BCUT2D eigenvalue weighted by Gasteiger charge is 2.31. The van der Waals surface area contributed by atoms with Gasteiger partial charge in [0.1, 0.15) is 17.8 Å². The van der Waals surface area contributed by atoms with Crippen LogP contribution in [0.3, 0.4) is 0 Å². The molecule has 204 valence electrons. The van der Waals surface area contributed by atoms with Crippen LogP contribution in [0.1, 0.15) is 21.5 Å². The molecular weight excluding hydrogens is 519 g/mol. The Balaban J connectivity index is 1.40. The van der Waals surface area contributed by atoms with Gasteiger partial charge in [-0.05, 0) is 55.0 Å². The van der Waals surface area contributed by atoms with Gasteiger partial charge in [0.2, 0.25) is 0 Å². The van der Waals surface area contributed by atoms with Crippen molar-refractivity contribution in [2.45, 2.75) is 13.1 Å². The first-order valence-electron chi connectivity index (χ1n) is 12.4. The van der Waals surface area contributed by atoms with E-state index in [1.165, 1.54) is 18.5 Å². The molecule has 0 fully saturated rings. The van der Waals surface area contributed by atoms with E-state index in [1.54, 1.807) is 29.1 Å². The minimum Gasteiger partial charge on any atom is -0.339 e. The molecule has 0 saturated heterocycles. The number of aryl methyl sites for hydroxylation is 1. The third-order valence-electron chi connectivity index (χ3n) is 6.44. The van der Waals surface area contributed by atoms with Crippen molar-refractivity contribution in [1.29, 1.82) is 0 Å². The number of rotatable bonds is 6. The van der Waals surface area contributed by atoms with Crippen molar-refractivity contribution in [1.82, 2.24) is 24.2 Å². The van der Waals surface area contributed by atoms with Gasteiger partial charge < -0.3 is 10.6 Å². The Hall–Kier alpha value is -4.77. The molecule has 0 unspecified atom stereocenters. The molecule has 0 saturated carbocycles. The third kappa shape index (κ3) is 5.50. The first-order chi connectivity index (χ1) is 18.9. The second kappa shape index (κ2) is 10.1. The lowest BCUT2D eigenvalue weighted by Crippen LogP contribution is -2.34. The number of carbonyl (C=O) groups is 1. The summed E-state index contributed by atoms with van der Waals surface area (Å²) in [5.41, 5.74) is 3.57. The van der Waals surface area contributed by atoms with Crippen LogP contribution in [0.15, 0.2) is 79.3 Å². The molecule has 0 radical (unpaired) electrons. The fraction of sp³-hybridized carbons (Fsp3) is 0.172. The minimum atomic E-state index is -4.54. The van der Waals surface area contributed by atoms with Crippen molar-refractivity contribution in [3.63, 3.8) is 0 Å². The maximum atomic E-state index is 13.1. The van der Waals surface area contributed by atoms with Gasteiger partial charge >= 0.3 is 6.18 Å². The molecule has 3 aromatic carbocycles. The van der Waals surface area contributed by atoms with Crippen LogP contribution in [0.2, 0.25) is 0 Å². The molecule has 2 heterocycles. The number of hydrogen-bond donors (Lipinski definition) is 2. The third-order valence-corrected chi connectivity index (χ3v) is 6.44.